The zero-order chi connectivity index (χ0) is 14.5. The highest BCUT2D eigenvalue weighted by Gasteiger charge is 2.06. The van der Waals surface area contributed by atoms with Gasteiger partial charge < -0.3 is 15.8 Å². The van der Waals surface area contributed by atoms with Crippen LogP contribution in [-0.4, -0.2) is 12.5 Å². The van der Waals surface area contributed by atoms with Crippen LogP contribution in [0.2, 0.25) is 0 Å². The highest BCUT2D eigenvalue weighted by molar-refractivity contribution is 9.10. The molecule has 0 aliphatic carbocycles. The van der Waals surface area contributed by atoms with Crippen LogP contribution in [0, 0.1) is 6.92 Å². The molecular formula is C15H15BrN2O2. The summed E-state index contributed by atoms with van der Waals surface area (Å²) in [6.07, 6.45) is 0. The van der Waals surface area contributed by atoms with E-state index in [0.717, 1.165) is 15.7 Å². The fraction of sp³-hybridized carbons (Fsp3) is 0.133. The van der Waals surface area contributed by atoms with E-state index in [1.807, 2.05) is 25.1 Å². The van der Waals surface area contributed by atoms with Crippen molar-refractivity contribution >= 4 is 33.2 Å². The van der Waals surface area contributed by atoms with Gasteiger partial charge in [0.1, 0.15) is 5.75 Å². The van der Waals surface area contributed by atoms with Crippen molar-refractivity contribution in [2.75, 3.05) is 17.7 Å². The van der Waals surface area contributed by atoms with Crippen LogP contribution in [0.4, 0.5) is 11.4 Å². The minimum atomic E-state index is -0.210. The predicted octanol–water partition coefficient (Wildman–Crippen LogP) is 3.36. The zero-order valence-electron chi connectivity index (χ0n) is 11.0. The van der Waals surface area contributed by atoms with Gasteiger partial charge in [0.2, 0.25) is 0 Å². The molecule has 4 nitrogen and oxygen atoms in total. The van der Waals surface area contributed by atoms with Crippen LogP contribution in [0.3, 0.4) is 0 Å². The number of hydrogen-bond acceptors (Lipinski definition) is 3. The SMILES string of the molecule is Cc1cc(Br)ccc1NC(=O)COc1cccc(N)c1. The molecule has 0 bridgehead atoms. The molecule has 0 heterocycles. The minimum Gasteiger partial charge on any atom is -0.484 e. The molecule has 0 unspecified atom stereocenters. The van der Waals surface area contributed by atoms with Gasteiger partial charge in [-0.2, -0.15) is 0 Å². The monoisotopic (exact) mass is 334 g/mol. The van der Waals surface area contributed by atoms with Gasteiger partial charge >= 0.3 is 0 Å². The first-order valence-electron chi connectivity index (χ1n) is 6.09. The van der Waals surface area contributed by atoms with E-state index >= 15 is 0 Å². The number of amides is 1. The molecule has 0 saturated heterocycles. The zero-order valence-corrected chi connectivity index (χ0v) is 12.6. The minimum absolute atomic E-state index is 0.0566. The topological polar surface area (TPSA) is 64.3 Å². The van der Waals surface area contributed by atoms with E-state index in [9.17, 15) is 4.79 Å². The summed E-state index contributed by atoms with van der Waals surface area (Å²) < 4.78 is 6.36. The first-order valence-corrected chi connectivity index (χ1v) is 6.88. The van der Waals surface area contributed by atoms with E-state index in [1.165, 1.54) is 0 Å². The predicted molar refractivity (Wildman–Crippen MR) is 83.9 cm³/mol. The van der Waals surface area contributed by atoms with Crippen LogP contribution in [0.15, 0.2) is 46.9 Å². The van der Waals surface area contributed by atoms with Gasteiger partial charge in [-0.15, -0.1) is 0 Å². The number of benzene rings is 2. The van der Waals surface area contributed by atoms with Gasteiger partial charge in [0.05, 0.1) is 0 Å². The number of aryl methyl sites for hydroxylation is 1. The van der Waals surface area contributed by atoms with Crippen molar-refractivity contribution in [1.82, 2.24) is 0 Å². The van der Waals surface area contributed by atoms with E-state index < -0.39 is 0 Å². The Morgan fingerprint density at radius 2 is 2.10 bits per heavy atom. The average molecular weight is 335 g/mol. The second-order valence-corrected chi connectivity index (χ2v) is 5.28. The van der Waals surface area contributed by atoms with Gasteiger partial charge in [0.25, 0.3) is 5.91 Å². The third-order valence-electron chi connectivity index (χ3n) is 2.69. The summed E-state index contributed by atoms with van der Waals surface area (Å²) in [5.74, 6) is 0.366. The first kappa shape index (κ1) is 14.4. The van der Waals surface area contributed by atoms with Crippen molar-refractivity contribution in [2.45, 2.75) is 6.92 Å². The molecule has 0 aliphatic rings. The third kappa shape index (κ3) is 3.99. The van der Waals surface area contributed by atoms with Crippen LogP contribution in [-0.2, 0) is 4.79 Å². The Kier molecular flexibility index (Phi) is 4.63. The summed E-state index contributed by atoms with van der Waals surface area (Å²) in [6, 6.07) is 12.6. The smallest absolute Gasteiger partial charge is 0.262 e. The van der Waals surface area contributed by atoms with E-state index in [0.29, 0.717) is 11.4 Å². The maximum Gasteiger partial charge on any atom is 0.262 e. The number of anilines is 2. The quantitative estimate of drug-likeness (QED) is 0.842. The highest BCUT2D eigenvalue weighted by atomic mass is 79.9. The van der Waals surface area contributed by atoms with E-state index in [-0.39, 0.29) is 12.5 Å². The Morgan fingerprint density at radius 1 is 1.30 bits per heavy atom. The molecule has 0 spiro atoms. The van der Waals surface area contributed by atoms with Gasteiger partial charge in [-0.05, 0) is 42.8 Å². The van der Waals surface area contributed by atoms with Crippen molar-refractivity contribution < 1.29 is 9.53 Å². The second-order valence-electron chi connectivity index (χ2n) is 4.37. The number of carbonyl (C=O) groups excluding carboxylic acids is 1. The van der Waals surface area contributed by atoms with E-state index in [2.05, 4.69) is 21.2 Å². The Bertz CT molecular complexity index is 629. The number of nitrogen functional groups attached to an aromatic ring is 1. The molecule has 0 aromatic heterocycles. The van der Waals surface area contributed by atoms with Crippen LogP contribution < -0.4 is 15.8 Å². The summed E-state index contributed by atoms with van der Waals surface area (Å²) in [4.78, 5) is 11.8. The normalized spacial score (nSPS) is 10.1. The molecule has 3 N–H and O–H groups in total. The Balaban J connectivity index is 1.92. The van der Waals surface area contributed by atoms with Crippen LogP contribution in [0.5, 0.6) is 5.75 Å². The fourth-order valence-electron chi connectivity index (χ4n) is 1.71. The fourth-order valence-corrected chi connectivity index (χ4v) is 2.18. The number of nitrogens with one attached hydrogen (secondary N) is 1. The molecule has 0 fully saturated rings. The molecule has 0 saturated carbocycles. The number of nitrogens with two attached hydrogens (primary N) is 1. The molecule has 0 radical (unpaired) electrons. The summed E-state index contributed by atoms with van der Waals surface area (Å²) in [5.41, 5.74) is 8.00. The molecule has 2 aromatic carbocycles. The second kappa shape index (κ2) is 6.43. The lowest BCUT2D eigenvalue weighted by Crippen LogP contribution is -2.20. The molecule has 2 rings (SSSR count). The van der Waals surface area contributed by atoms with Gasteiger partial charge in [-0.1, -0.05) is 22.0 Å². The maximum atomic E-state index is 11.8. The Labute approximate surface area is 126 Å². The van der Waals surface area contributed by atoms with Crippen LogP contribution >= 0.6 is 15.9 Å². The van der Waals surface area contributed by atoms with Gasteiger partial charge in [0.15, 0.2) is 6.61 Å². The number of hydrogen-bond donors (Lipinski definition) is 2. The van der Waals surface area contributed by atoms with Gasteiger partial charge in [-0.25, -0.2) is 0 Å². The molecule has 2 aromatic rings. The lowest BCUT2D eigenvalue weighted by molar-refractivity contribution is -0.118. The summed E-state index contributed by atoms with van der Waals surface area (Å²) in [6.45, 7) is 1.87. The van der Waals surface area contributed by atoms with Crippen molar-refractivity contribution in [3.63, 3.8) is 0 Å². The molecule has 0 atom stereocenters. The summed E-state index contributed by atoms with van der Waals surface area (Å²) >= 11 is 3.38. The van der Waals surface area contributed by atoms with Gasteiger partial charge in [0, 0.05) is 21.9 Å². The molecular weight excluding hydrogens is 320 g/mol. The lowest BCUT2D eigenvalue weighted by Gasteiger charge is -2.10. The number of rotatable bonds is 4. The lowest BCUT2D eigenvalue weighted by atomic mass is 10.2. The number of carbonyl (C=O) groups is 1. The number of ether oxygens (including phenoxy) is 1. The van der Waals surface area contributed by atoms with E-state index in [1.54, 1.807) is 24.3 Å². The highest BCUT2D eigenvalue weighted by Crippen LogP contribution is 2.20. The van der Waals surface area contributed by atoms with Crippen molar-refractivity contribution in [1.29, 1.82) is 0 Å². The number of halogens is 1. The van der Waals surface area contributed by atoms with E-state index in [4.69, 9.17) is 10.5 Å². The largest absolute Gasteiger partial charge is 0.484 e. The maximum absolute atomic E-state index is 11.8. The third-order valence-corrected chi connectivity index (χ3v) is 3.18. The van der Waals surface area contributed by atoms with Crippen molar-refractivity contribution in [2.24, 2.45) is 0 Å². The molecule has 5 heteroatoms. The van der Waals surface area contributed by atoms with Gasteiger partial charge in [-0.3, -0.25) is 4.79 Å². The average Bonchev–Trinajstić information content (AvgIpc) is 2.40. The molecule has 104 valence electrons. The van der Waals surface area contributed by atoms with Crippen molar-refractivity contribution in [3.8, 4) is 5.75 Å². The summed E-state index contributed by atoms with van der Waals surface area (Å²) in [7, 11) is 0. The van der Waals surface area contributed by atoms with Crippen LogP contribution in [0.25, 0.3) is 0 Å². The standard InChI is InChI=1S/C15H15BrN2O2/c1-10-7-11(16)5-6-14(10)18-15(19)9-20-13-4-2-3-12(17)8-13/h2-8H,9,17H2,1H3,(H,18,19). The molecule has 0 aliphatic heterocycles. The summed E-state index contributed by atoms with van der Waals surface area (Å²) in [5, 5.41) is 2.81. The van der Waals surface area contributed by atoms with Crippen molar-refractivity contribution in [3.05, 3.63) is 52.5 Å². The molecule has 20 heavy (non-hydrogen) atoms. The first-order chi connectivity index (χ1) is 9.54. The molecule has 1 amide bonds. The Hall–Kier alpha value is -2.01. The Morgan fingerprint density at radius 3 is 2.80 bits per heavy atom. The van der Waals surface area contributed by atoms with Crippen LogP contribution in [0.1, 0.15) is 5.56 Å².